The zero-order chi connectivity index (χ0) is 21.1. The van der Waals surface area contributed by atoms with Crippen LogP contribution in [-0.2, 0) is 6.18 Å². The molecule has 0 aliphatic carbocycles. The van der Waals surface area contributed by atoms with E-state index in [-0.39, 0.29) is 23.4 Å². The molecule has 0 bridgehead atoms. The molecule has 4 rings (SSSR count). The quantitative estimate of drug-likeness (QED) is 0.506. The lowest BCUT2D eigenvalue weighted by Crippen LogP contribution is -2.14. The minimum absolute atomic E-state index is 0.0710. The molecule has 1 atom stereocenters. The summed E-state index contributed by atoms with van der Waals surface area (Å²) in [5.74, 6) is -0.0178. The molecule has 0 fully saturated rings. The van der Waals surface area contributed by atoms with Crippen molar-refractivity contribution in [3.63, 3.8) is 0 Å². The Bertz CT molecular complexity index is 1110. The molecule has 0 aliphatic rings. The first-order valence-corrected chi connectivity index (χ1v) is 9.14. The summed E-state index contributed by atoms with van der Waals surface area (Å²) in [6.45, 7) is 1.85. The number of hydrogen-bond donors (Lipinski definition) is 1. The van der Waals surface area contributed by atoms with Crippen LogP contribution in [0.3, 0.4) is 0 Å². The van der Waals surface area contributed by atoms with Gasteiger partial charge in [-0.15, -0.1) is 0 Å². The van der Waals surface area contributed by atoms with E-state index in [1.165, 1.54) is 6.20 Å². The molecule has 0 aliphatic heterocycles. The highest BCUT2D eigenvalue weighted by Gasteiger charge is 2.34. The van der Waals surface area contributed by atoms with Gasteiger partial charge >= 0.3 is 6.18 Å². The molecule has 6 nitrogen and oxygen atoms in total. The Morgan fingerprint density at radius 1 is 0.967 bits per heavy atom. The first kappa shape index (κ1) is 19.6. The zero-order valence-corrected chi connectivity index (χ0v) is 15.9. The highest BCUT2D eigenvalue weighted by molar-refractivity contribution is 5.54. The van der Waals surface area contributed by atoms with Gasteiger partial charge in [-0.2, -0.15) is 18.3 Å². The van der Waals surface area contributed by atoms with Crippen LogP contribution < -0.4 is 5.32 Å². The molecule has 1 unspecified atom stereocenters. The van der Waals surface area contributed by atoms with E-state index in [0.717, 1.165) is 17.3 Å². The van der Waals surface area contributed by atoms with E-state index < -0.39 is 11.9 Å². The molecule has 152 valence electrons. The van der Waals surface area contributed by atoms with Crippen LogP contribution >= 0.6 is 0 Å². The van der Waals surface area contributed by atoms with Gasteiger partial charge in [0.25, 0.3) is 0 Å². The van der Waals surface area contributed by atoms with Gasteiger partial charge in [0.1, 0.15) is 11.5 Å². The lowest BCUT2D eigenvalue weighted by molar-refractivity contribution is -0.141. The summed E-state index contributed by atoms with van der Waals surface area (Å²) >= 11 is 0. The van der Waals surface area contributed by atoms with Gasteiger partial charge in [0.15, 0.2) is 11.5 Å². The Morgan fingerprint density at radius 3 is 2.40 bits per heavy atom. The van der Waals surface area contributed by atoms with Crippen LogP contribution in [0, 0.1) is 0 Å². The van der Waals surface area contributed by atoms with Crippen molar-refractivity contribution in [3.05, 3.63) is 84.4 Å². The third-order valence-corrected chi connectivity index (χ3v) is 4.44. The van der Waals surface area contributed by atoms with Crippen LogP contribution in [0.1, 0.15) is 24.2 Å². The first-order chi connectivity index (χ1) is 14.4. The fourth-order valence-electron chi connectivity index (χ4n) is 2.92. The van der Waals surface area contributed by atoms with Crippen LogP contribution in [0.5, 0.6) is 0 Å². The molecule has 0 amide bonds. The molecular weight excluding hydrogens is 393 g/mol. The van der Waals surface area contributed by atoms with Crippen LogP contribution in [-0.4, -0.2) is 24.7 Å². The number of hydrogen-bond acceptors (Lipinski definition) is 5. The molecule has 3 aromatic heterocycles. The number of benzene rings is 1. The third-order valence-electron chi connectivity index (χ3n) is 4.44. The maximum atomic E-state index is 13.4. The van der Waals surface area contributed by atoms with Crippen molar-refractivity contribution in [1.29, 1.82) is 0 Å². The molecule has 4 aromatic rings. The first-order valence-electron chi connectivity index (χ1n) is 9.14. The van der Waals surface area contributed by atoms with Gasteiger partial charge in [-0.3, -0.25) is 4.98 Å². The second-order valence-electron chi connectivity index (χ2n) is 6.58. The molecule has 0 spiro atoms. The third kappa shape index (κ3) is 4.29. The summed E-state index contributed by atoms with van der Waals surface area (Å²) in [6, 6.07) is 14.9. The van der Waals surface area contributed by atoms with Crippen LogP contribution in [0.15, 0.2) is 73.2 Å². The molecule has 0 saturated heterocycles. The number of rotatable bonds is 5. The monoisotopic (exact) mass is 410 g/mol. The van der Waals surface area contributed by atoms with E-state index in [9.17, 15) is 13.2 Å². The number of alkyl halides is 3. The van der Waals surface area contributed by atoms with Crippen LogP contribution in [0.25, 0.3) is 17.2 Å². The topological polar surface area (TPSA) is 68.5 Å². The predicted molar refractivity (Wildman–Crippen MR) is 106 cm³/mol. The molecule has 1 N–H and O–H groups in total. The summed E-state index contributed by atoms with van der Waals surface area (Å²) in [5, 5.41) is 7.21. The number of pyridine rings is 1. The van der Waals surface area contributed by atoms with E-state index in [1.54, 1.807) is 29.1 Å². The number of nitrogens with zero attached hydrogens (tertiary/aromatic N) is 5. The van der Waals surface area contributed by atoms with Gasteiger partial charge in [0, 0.05) is 30.7 Å². The highest BCUT2D eigenvalue weighted by atomic mass is 19.4. The normalized spacial score (nSPS) is 12.5. The van der Waals surface area contributed by atoms with Gasteiger partial charge in [-0.25, -0.2) is 14.6 Å². The highest BCUT2D eigenvalue weighted by Crippen LogP contribution is 2.31. The van der Waals surface area contributed by atoms with Crippen LogP contribution in [0.4, 0.5) is 19.0 Å². The molecule has 30 heavy (non-hydrogen) atoms. The molecule has 9 heteroatoms. The molecule has 1 aromatic carbocycles. The summed E-state index contributed by atoms with van der Waals surface area (Å²) in [5.41, 5.74) is 1.01. The summed E-state index contributed by atoms with van der Waals surface area (Å²) in [6.07, 6.45) is 0.396. The maximum Gasteiger partial charge on any atom is 0.433 e. The maximum absolute atomic E-state index is 13.4. The number of halogens is 3. The van der Waals surface area contributed by atoms with Crippen LogP contribution in [0.2, 0.25) is 0 Å². The lowest BCUT2D eigenvalue weighted by atomic mass is 10.1. The Balaban J connectivity index is 1.61. The van der Waals surface area contributed by atoms with Gasteiger partial charge in [0.05, 0.1) is 5.69 Å². The largest absolute Gasteiger partial charge is 0.433 e. The molecule has 0 radical (unpaired) electrons. The lowest BCUT2D eigenvalue weighted by Gasteiger charge is -2.17. The number of aromatic nitrogens is 5. The van der Waals surface area contributed by atoms with Gasteiger partial charge in [-0.1, -0.05) is 18.2 Å². The number of nitrogens with one attached hydrogen (secondary N) is 1. The van der Waals surface area contributed by atoms with Gasteiger partial charge in [-0.05, 0) is 42.8 Å². The zero-order valence-electron chi connectivity index (χ0n) is 15.9. The fraction of sp³-hybridized carbons (Fsp3) is 0.143. The van der Waals surface area contributed by atoms with Gasteiger partial charge < -0.3 is 5.32 Å². The van der Waals surface area contributed by atoms with Crippen molar-refractivity contribution in [2.75, 3.05) is 5.32 Å². The summed E-state index contributed by atoms with van der Waals surface area (Å²) in [4.78, 5) is 11.9. The van der Waals surface area contributed by atoms with E-state index in [1.807, 2.05) is 43.5 Å². The minimum atomic E-state index is -4.60. The van der Waals surface area contributed by atoms with Crippen molar-refractivity contribution < 1.29 is 13.2 Å². The van der Waals surface area contributed by atoms with E-state index in [4.69, 9.17) is 0 Å². The summed E-state index contributed by atoms with van der Waals surface area (Å²) in [7, 11) is 0. The average Bonchev–Trinajstić information content (AvgIpc) is 3.28. The molecular formula is C21H17F3N6. The van der Waals surface area contributed by atoms with Crippen molar-refractivity contribution >= 4 is 5.82 Å². The molecule has 3 heterocycles. The Hall–Kier alpha value is -3.75. The standard InChI is InChI=1S/C21H17F3N6/c1-14(15-6-8-16(9-7-15)30-12-4-11-26-30)27-19-13-18(21(22,23)24)28-20(29-19)17-5-2-3-10-25-17/h2-14H,1H3,(H,27,28,29). The SMILES string of the molecule is CC(Nc1cc(C(F)(F)F)nc(-c2ccccn2)n1)c1ccc(-n2cccn2)cc1. The minimum Gasteiger partial charge on any atom is -0.363 e. The molecule has 0 saturated carbocycles. The Kier molecular flexibility index (Phi) is 5.18. The van der Waals surface area contributed by atoms with Crippen molar-refractivity contribution in [2.24, 2.45) is 0 Å². The second-order valence-corrected chi connectivity index (χ2v) is 6.58. The van der Waals surface area contributed by atoms with Crippen molar-refractivity contribution in [1.82, 2.24) is 24.7 Å². The van der Waals surface area contributed by atoms with Crippen molar-refractivity contribution in [3.8, 4) is 17.2 Å². The average molecular weight is 410 g/mol. The number of anilines is 1. The van der Waals surface area contributed by atoms with E-state index in [0.29, 0.717) is 0 Å². The fourth-order valence-corrected chi connectivity index (χ4v) is 2.92. The Morgan fingerprint density at radius 2 is 1.77 bits per heavy atom. The Labute approximate surface area is 170 Å². The predicted octanol–water partition coefficient (Wildman–Crippen LogP) is 4.92. The second kappa shape index (κ2) is 7.94. The summed E-state index contributed by atoms with van der Waals surface area (Å²) < 4.78 is 41.8. The van der Waals surface area contributed by atoms with Crippen molar-refractivity contribution in [2.45, 2.75) is 19.1 Å². The van der Waals surface area contributed by atoms with E-state index >= 15 is 0 Å². The van der Waals surface area contributed by atoms with E-state index in [2.05, 4.69) is 25.4 Å². The van der Waals surface area contributed by atoms with Gasteiger partial charge in [0.2, 0.25) is 0 Å². The smallest absolute Gasteiger partial charge is 0.363 e.